The number of carbonyl (C=O) groups is 2. The second kappa shape index (κ2) is 9.63. The van der Waals surface area contributed by atoms with E-state index in [1.807, 2.05) is 38.3 Å². The van der Waals surface area contributed by atoms with Gasteiger partial charge in [-0.1, -0.05) is 6.07 Å². The quantitative estimate of drug-likeness (QED) is 0.493. The zero-order valence-electron chi connectivity index (χ0n) is 13.9. The Kier molecular flexibility index (Phi) is 7.86. The van der Waals surface area contributed by atoms with Crippen LogP contribution in [0, 0.1) is 25.2 Å². The van der Waals surface area contributed by atoms with Crippen molar-refractivity contribution < 1.29 is 14.7 Å². The maximum atomic E-state index is 12.1. The van der Waals surface area contributed by atoms with Gasteiger partial charge in [0, 0.05) is 11.9 Å². The molecule has 6 nitrogen and oxygen atoms in total. The molecule has 1 atom stereocenters. The molecule has 1 amide bonds. The number of hydrogen-bond acceptors (Lipinski definition) is 5. The monoisotopic (exact) mass is 347 g/mol. The highest BCUT2D eigenvalue weighted by Gasteiger charge is 2.21. The molecule has 0 spiro atoms. The molecule has 0 radical (unpaired) electrons. The standard InChI is InChI=1S/C17H21N3O3S/c1-11-6-12(2)8-14(7-11)19-10-13(9-18)16(21)20-15(17(22)23)4-5-24-3/h6-8,10,15,19H,4-5H2,1-3H3,(H,20,21)(H,22,23)/b13-10-. The Bertz CT molecular complexity index is 660. The fourth-order valence-electron chi connectivity index (χ4n) is 2.09. The zero-order chi connectivity index (χ0) is 18.1. The maximum Gasteiger partial charge on any atom is 0.326 e. The fourth-order valence-corrected chi connectivity index (χ4v) is 2.56. The SMILES string of the molecule is CSCCC(NC(=O)/C(C#N)=C\Nc1cc(C)cc(C)c1)C(=O)O. The molecule has 3 N–H and O–H groups in total. The van der Waals surface area contributed by atoms with Crippen molar-refractivity contribution in [2.75, 3.05) is 17.3 Å². The molecule has 0 saturated carbocycles. The number of thioether (sulfide) groups is 1. The number of rotatable bonds is 8. The van der Waals surface area contributed by atoms with E-state index in [0.29, 0.717) is 12.2 Å². The Balaban J connectivity index is 2.81. The molecule has 0 aromatic heterocycles. The van der Waals surface area contributed by atoms with Crippen molar-refractivity contribution in [1.29, 1.82) is 5.26 Å². The van der Waals surface area contributed by atoms with E-state index < -0.39 is 17.9 Å². The van der Waals surface area contributed by atoms with Gasteiger partial charge in [0.2, 0.25) is 0 Å². The lowest BCUT2D eigenvalue weighted by atomic mass is 10.1. The van der Waals surface area contributed by atoms with Gasteiger partial charge in [0.1, 0.15) is 17.7 Å². The van der Waals surface area contributed by atoms with Crippen molar-refractivity contribution in [3.63, 3.8) is 0 Å². The fraction of sp³-hybridized carbons (Fsp3) is 0.353. The number of nitrogens with one attached hydrogen (secondary N) is 2. The summed E-state index contributed by atoms with van der Waals surface area (Å²) in [6, 6.07) is 6.56. The second-order valence-corrected chi connectivity index (χ2v) is 6.32. The number of aliphatic carboxylic acids is 1. The van der Waals surface area contributed by atoms with Gasteiger partial charge in [0.25, 0.3) is 5.91 Å². The first-order valence-electron chi connectivity index (χ1n) is 7.35. The first-order valence-corrected chi connectivity index (χ1v) is 8.74. The van der Waals surface area contributed by atoms with E-state index in [1.54, 1.807) is 6.07 Å². The van der Waals surface area contributed by atoms with Gasteiger partial charge in [-0.3, -0.25) is 4.79 Å². The summed E-state index contributed by atoms with van der Waals surface area (Å²) in [6.07, 6.45) is 3.44. The Morgan fingerprint density at radius 2 is 1.96 bits per heavy atom. The molecule has 0 fully saturated rings. The number of amides is 1. The molecule has 0 bridgehead atoms. The van der Waals surface area contributed by atoms with Crippen LogP contribution in [0.15, 0.2) is 30.0 Å². The predicted octanol–water partition coefficient (Wildman–Crippen LogP) is 2.45. The highest BCUT2D eigenvalue weighted by molar-refractivity contribution is 7.98. The molecule has 0 aliphatic rings. The summed E-state index contributed by atoms with van der Waals surface area (Å²) in [5.74, 6) is -1.22. The topological polar surface area (TPSA) is 102 Å². The number of nitrogens with zero attached hydrogens (tertiary/aromatic N) is 1. The molecule has 0 aliphatic carbocycles. The third kappa shape index (κ3) is 6.34. The molecular formula is C17H21N3O3S. The van der Waals surface area contributed by atoms with Crippen LogP contribution >= 0.6 is 11.8 Å². The van der Waals surface area contributed by atoms with E-state index in [4.69, 9.17) is 10.4 Å². The normalized spacial score (nSPS) is 12.2. The lowest BCUT2D eigenvalue weighted by Gasteiger charge is -2.13. The van der Waals surface area contributed by atoms with Crippen molar-refractivity contribution in [2.45, 2.75) is 26.3 Å². The number of anilines is 1. The Labute approximate surface area is 145 Å². The van der Waals surface area contributed by atoms with E-state index in [-0.39, 0.29) is 5.57 Å². The molecule has 1 unspecified atom stereocenters. The van der Waals surface area contributed by atoms with Crippen molar-refractivity contribution in [2.24, 2.45) is 0 Å². The molecule has 0 saturated heterocycles. The summed E-state index contributed by atoms with van der Waals surface area (Å²) >= 11 is 1.49. The van der Waals surface area contributed by atoms with E-state index in [1.165, 1.54) is 18.0 Å². The minimum atomic E-state index is -1.11. The van der Waals surface area contributed by atoms with Crippen molar-refractivity contribution in [3.05, 3.63) is 41.1 Å². The minimum Gasteiger partial charge on any atom is -0.480 e. The number of benzene rings is 1. The average molecular weight is 347 g/mol. The third-order valence-electron chi connectivity index (χ3n) is 3.18. The molecular weight excluding hydrogens is 326 g/mol. The molecule has 0 aliphatic heterocycles. The van der Waals surface area contributed by atoms with Gasteiger partial charge in [-0.25, -0.2) is 4.79 Å². The second-order valence-electron chi connectivity index (χ2n) is 5.34. The van der Waals surface area contributed by atoms with Gasteiger partial charge in [-0.2, -0.15) is 17.0 Å². The zero-order valence-corrected chi connectivity index (χ0v) is 14.7. The molecule has 1 rings (SSSR count). The van der Waals surface area contributed by atoms with Crippen LogP contribution in [0.5, 0.6) is 0 Å². The van der Waals surface area contributed by atoms with Crippen LogP contribution in [0.1, 0.15) is 17.5 Å². The van der Waals surface area contributed by atoms with Crippen LogP contribution in [-0.2, 0) is 9.59 Å². The third-order valence-corrected chi connectivity index (χ3v) is 3.83. The van der Waals surface area contributed by atoms with E-state index >= 15 is 0 Å². The lowest BCUT2D eigenvalue weighted by Crippen LogP contribution is -2.41. The molecule has 1 aromatic carbocycles. The lowest BCUT2D eigenvalue weighted by molar-refractivity contribution is -0.141. The number of carboxylic acids is 1. The highest BCUT2D eigenvalue weighted by atomic mass is 32.2. The van der Waals surface area contributed by atoms with Crippen LogP contribution in [0.4, 0.5) is 5.69 Å². The molecule has 7 heteroatoms. The minimum absolute atomic E-state index is 0.176. The van der Waals surface area contributed by atoms with Crippen molar-refractivity contribution >= 4 is 29.3 Å². The summed E-state index contributed by atoms with van der Waals surface area (Å²) in [6.45, 7) is 3.89. The molecule has 1 aromatic rings. The van der Waals surface area contributed by atoms with Crippen LogP contribution in [0.2, 0.25) is 0 Å². The summed E-state index contributed by atoms with van der Waals surface area (Å²) in [4.78, 5) is 23.3. The van der Waals surface area contributed by atoms with Crippen molar-refractivity contribution in [1.82, 2.24) is 5.32 Å². The first kappa shape index (κ1) is 19.6. The number of hydrogen-bond donors (Lipinski definition) is 3. The van der Waals surface area contributed by atoms with Gasteiger partial charge in [0.15, 0.2) is 0 Å². The van der Waals surface area contributed by atoms with Gasteiger partial charge in [-0.15, -0.1) is 0 Å². The number of nitriles is 1. The smallest absolute Gasteiger partial charge is 0.326 e. The summed E-state index contributed by atoms with van der Waals surface area (Å²) in [7, 11) is 0. The number of aryl methyl sites for hydroxylation is 2. The largest absolute Gasteiger partial charge is 0.480 e. The summed E-state index contributed by atoms with van der Waals surface area (Å²) in [5, 5.41) is 23.6. The molecule has 0 heterocycles. The maximum absolute atomic E-state index is 12.1. The van der Waals surface area contributed by atoms with Gasteiger partial charge >= 0.3 is 5.97 Å². The molecule has 24 heavy (non-hydrogen) atoms. The Morgan fingerprint density at radius 3 is 2.46 bits per heavy atom. The van der Waals surface area contributed by atoms with Crippen LogP contribution in [-0.4, -0.2) is 35.0 Å². The predicted molar refractivity (Wildman–Crippen MR) is 95.8 cm³/mol. The molecule has 128 valence electrons. The Morgan fingerprint density at radius 1 is 1.33 bits per heavy atom. The van der Waals surface area contributed by atoms with Crippen LogP contribution in [0.25, 0.3) is 0 Å². The van der Waals surface area contributed by atoms with Crippen LogP contribution in [0.3, 0.4) is 0 Å². The van der Waals surface area contributed by atoms with E-state index in [9.17, 15) is 9.59 Å². The summed E-state index contributed by atoms with van der Waals surface area (Å²) < 4.78 is 0. The number of carboxylic acid groups (broad SMARTS) is 1. The number of carbonyl (C=O) groups excluding carboxylic acids is 1. The van der Waals surface area contributed by atoms with Crippen molar-refractivity contribution in [3.8, 4) is 6.07 Å². The Hall–Kier alpha value is -2.46. The average Bonchev–Trinajstić information content (AvgIpc) is 2.50. The summed E-state index contributed by atoms with van der Waals surface area (Å²) in [5.41, 5.74) is 2.68. The van der Waals surface area contributed by atoms with E-state index in [0.717, 1.165) is 16.8 Å². The van der Waals surface area contributed by atoms with Gasteiger partial charge < -0.3 is 15.7 Å². The van der Waals surface area contributed by atoms with Crippen LogP contribution < -0.4 is 10.6 Å². The first-order chi connectivity index (χ1) is 11.4. The van der Waals surface area contributed by atoms with E-state index in [2.05, 4.69) is 10.6 Å². The highest BCUT2D eigenvalue weighted by Crippen LogP contribution is 2.14. The van der Waals surface area contributed by atoms with Gasteiger partial charge in [-0.05, 0) is 55.5 Å². The van der Waals surface area contributed by atoms with Gasteiger partial charge in [0.05, 0.1) is 0 Å².